The second-order valence-corrected chi connectivity index (χ2v) is 21.1. The molecule has 10 heteroatoms. The molecule has 74 heavy (non-hydrogen) atoms. The van der Waals surface area contributed by atoms with Gasteiger partial charge in [-0.05, 0) is 124 Å². The number of hydrogen-bond donors (Lipinski definition) is 2. The maximum absolute atomic E-state index is 14.2. The van der Waals surface area contributed by atoms with Crippen molar-refractivity contribution in [3.05, 3.63) is 208 Å². The third kappa shape index (κ3) is 14.0. The van der Waals surface area contributed by atoms with Crippen LogP contribution in [-0.2, 0) is 11.3 Å². The standard InChI is InChI=1S/C64H74N6O4/c1-12-73-62-65-58-29-19-28-55(59(58)70(62)42-49-32-34-50(35-33-49)53-26-15-16-27-54(53)60-66-68-69-67-60)61(72)74-52-39-48(7)57(64(10,11)41-52)37-31-46(5)25-18-23-44(3)21-14-13-20-43(2)22-17-24-45(4)30-36-56-47(6)38-51(71)40-63(56,8)9/h13-37,51-52,71H,12,38-42H2,1-11H3,(H,66,67,68,69)/b14-13+,22-17+,23-18+,36-30+,37-31+,43-20+,44-21+,45-24+,46-25+. The fourth-order valence-corrected chi connectivity index (χ4v) is 10.3. The van der Waals surface area contributed by atoms with E-state index in [1.807, 2.05) is 54.0 Å². The Balaban J connectivity index is 0.951. The Kier molecular flexibility index (Phi) is 18.0. The zero-order valence-electron chi connectivity index (χ0n) is 45.2. The van der Waals surface area contributed by atoms with Crippen LogP contribution in [0.25, 0.3) is 33.5 Å². The van der Waals surface area contributed by atoms with Gasteiger partial charge in [-0.25, -0.2) is 4.79 Å². The normalized spacial score (nSPS) is 19.2. The summed E-state index contributed by atoms with van der Waals surface area (Å²) in [5.74, 6) is 0.162. The molecule has 2 aliphatic rings. The number of carbonyl (C=O) groups is 1. The predicted molar refractivity (Wildman–Crippen MR) is 302 cm³/mol. The molecule has 2 aromatic heterocycles. The Labute approximate surface area is 438 Å². The van der Waals surface area contributed by atoms with E-state index in [1.165, 1.54) is 27.9 Å². The molecule has 0 bridgehead atoms. The highest BCUT2D eigenvalue weighted by molar-refractivity contribution is 6.02. The molecular formula is C64H74N6O4. The molecule has 0 radical (unpaired) electrons. The molecule has 0 spiro atoms. The van der Waals surface area contributed by atoms with Crippen molar-refractivity contribution in [3.63, 3.8) is 0 Å². The van der Waals surface area contributed by atoms with Crippen molar-refractivity contribution in [1.29, 1.82) is 0 Å². The number of aliphatic hydroxyl groups is 1. The number of aromatic amines is 1. The van der Waals surface area contributed by atoms with Crippen molar-refractivity contribution in [3.8, 4) is 28.5 Å². The highest BCUT2D eigenvalue weighted by atomic mass is 16.5. The second kappa shape index (κ2) is 24.5. The Bertz CT molecular complexity index is 3160. The lowest BCUT2D eigenvalue weighted by molar-refractivity contribution is 0.0190. The van der Waals surface area contributed by atoms with E-state index in [9.17, 15) is 9.90 Å². The Morgan fingerprint density at radius 1 is 0.730 bits per heavy atom. The number of aliphatic hydroxyl groups excluding tert-OH is 1. The van der Waals surface area contributed by atoms with E-state index >= 15 is 0 Å². The van der Waals surface area contributed by atoms with Crippen LogP contribution in [0, 0.1) is 10.8 Å². The number of hydrogen-bond acceptors (Lipinski definition) is 8. The predicted octanol–water partition coefficient (Wildman–Crippen LogP) is 15.1. The number of ether oxygens (including phenoxy) is 2. The van der Waals surface area contributed by atoms with Crippen molar-refractivity contribution >= 4 is 17.0 Å². The molecule has 3 aromatic carbocycles. The molecule has 7 rings (SSSR count). The Morgan fingerprint density at radius 2 is 1.31 bits per heavy atom. The van der Waals surface area contributed by atoms with Crippen LogP contribution in [0.3, 0.4) is 0 Å². The molecule has 2 atom stereocenters. The number of nitrogens with zero attached hydrogens (tertiary/aromatic N) is 5. The summed E-state index contributed by atoms with van der Waals surface area (Å²) in [6.07, 6.45) is 32.2. The first-order valence-electron chi connectivity index (χ1n) is 25.8. The molecule has 384 valence electrons. The number of para-hydroxylation sites is 1. The van der Waals surface area contributed by atoms with Gasteiger partial charge in [0.2, 0.25) is 5.82 Å². The largest absolute Gasteiger partial charge is 0.465 e. The maximum Gasteiger partial charge on any atom is 0.340 e. The van der Waals surface area contributed by atoms with Crippen LogP contribution < -0.4 is 4.74 Å². The summed E-state index contributed by atoms with van der Waals surface area (Å²) in [5.41, 5.74) is 15.2. The van der Waals surface area contributed by atoms with E-state index in [-0.39, 0.29) is 29.0 Å². The number of nitrogens with one attached hydrogen (secondary N) is 1. The fraction of sp³-hybridized carbons (Fsp3) is 0.328. The summed E-state index contributed by atoms with van der Waals surface area (Å²) < 4.78 is 14.4. The van der Waals surface area contributed by atoms with E-state index in [4.69, 9.17) is 14.5 Å². The van der Waals surface area contributed by atoms with Crippen LogP contribution in [0.4, 0.5) is 0 Å². The molecule has 0 saturated carbocycles. The molecule has 0 saturated heterocycles. The lowest BCUT2D eigenvalue weighted by Crippen LogP contribution is -2.32. The van der Waals surface area contributed by atoms with Gasteiger partial charge in [-0.2, -0.15) is 10.2 Å². The monoisotopic (exact) mass is 991 g/mol. The first kappa shape index (κ1) is 54.3. The third-order valence-corrected chi connectivity index (χ3v) is 13.8. The number of tetrazole rings is 1. The lowest BCUT2D eigenvalue weighted by atomic mass is 9.71. The van der Waals surface area contributed by atoms with Crippen molar-refractivity contribution < 1.29 is 19.4 Å². The maximum atomic E-state index is 14.2. The quantitative estimate of drug-likeness (QED) is 0.0656. The van der Waals surface area contributed by atoms with Crippen LogP contribution in [0.5, 0.6) is 6.01 Å². The van der Waals surface area contributed by atoms with Gasteiger partial charge in [0.15, 0.2) is 0 Å². The first-order valence-corrected chi connectivity index (χ1v) is 25.8. The van der Waals surface area contributed by atoms with E-state index in [0.717, 1.165) is 51.8 Å². The van der Waals surface area contributed by atoms with Gasteiger partial charge in [-0.15, -0.1) is 10.2 Å². The van der Waals surface area contributed by atoms with Crippen molar-refractivity contribution in [1.82, 2.24) is 30.2 Å². The van der Waals surface area contributed by atoms with Gasteiger partial charge < -0.3 is 14.6 Å². The summed E-state index contributed by atoms with van der Waals surface area (Å²) in [6, 6.07) is 22.3. The number of fused-ring (bicyclic) bond motifs is 1. The van der Waals surface area contributed by atoms with E-state index in [1.54, 1.807) is 0 Å². The minimum Gasteiger partial charge on any atom is -0.465 e. The van der Waals surface area contributed by atoms with Gasteiger partial charge >= 0.3 is 5.97 Å². The average molecular weight is 991 g/mol. The van der Waals surface area contributed by atoms with Gasteiger partial charge in [0, 0.05) is 12.0 Å². The highest BCUT2D eigenvalue weighted by Gasteiger charge is 2.35. The lowest BCUT2D eigenvalue weighted by Gasteiger charge is -2.37. The molecule has 0 aliphatic heterocycles. The SMILES string of the molecule is CCOc1nc2cccc(C(=O)OC3CC(C)=C(/C=C/C(C)=C/C=C/C(C)=C/C=C/C=C(C)/C=C/C=C(C)/C=C/C4=C(C)CC(O)CC4(C)C)C(C)(C)C3)c2n1Cc1ccc(-c2ccccc2-c2nn[nH]n2)cc1. The third-order valence-electron chi connectivity index (χ3n) is 13.8. The van der Waals surface area contributed by atoms with Crippen molar-refractivity contribution in [2.75, 3.05) is 6.61 Å². The van der Waals surface area contributed by atoms with Crippen LogP contribution in [0.1, 0.15) is 118 Å². The highest BCUT2D eigenvalue weighted by Crippen LogP contribution is 2.43. The van der Waals surface area contributed by atoms with E-state index in [0.29, 0.717) is 54.4 Å². The van der Waals surface area contributed by atoms with Gasteiger partial charge in [0.1, 0.15) is 6.10 Å². The summed E-state index contributed by atoms with van der Waals surface area (Å²) in [6.45, 7) is 24.4. The number of imidazole rings is 1. The van der Waals surface area contributed by atoms with E-state index in [2.05, 4.69) is 199 Å². The van der Waals surface area contributed by atoms with Gasteiger partial charge in [0.05, 0.1) is 35.9 Å². The Morgan fingerprint density at radius 3 is 1.89 bits per heavy atom. The smallest absolute Gasteiger partial charge is 0.340 e. The van der Waals surface area contributed by atoms with Crippen LogP contribution in [0.2, 0.25) is 0 Å². The van der Waals surface area contributed by atoms with Gasteiger partial charge in [0.25, 0.3) is 6.01 Å². The van der Waals surface area contributed by atoms with Crippen LogP contribution in [0.15, 0.2) is 196 Å². The summed E-state index contributed by atoms with van der Waals surface area (Å²) in [7, 11) is 0. The molecule has 2 N–H and O–H groups in total. The molecule has 2 aliphatic carbocycles. The van der Waals surface area contributed by atoms with Gasteiger partial charge in [-0.1, -0.05) is 201 Å². The zero-order valence-corrected chi connectivity index (χ0v) is 45.2. The molecule has 2 heterocycles. The number of allylic oxidation sites excluding steroid dienone is 20. The van der Waals surface area contributed by atoms with Crippen LogP contribution >= 0.6 is 0 Å². The molecule has 0 amide bonds. The second-order valence-electron chi connectivity index (χ2n) is 21.1. The minimum absolute atomic E-state index is 0.0214. The fourth-order valence-electron chi connectivity index (χ4n) is 10.3. The molecule has 0 fully saturated rings. The number of H-pyrrole nitrogens is 1. The summed E-state index contributed by atoms with van der Waals surface area (Å²) in [4.78, 5) is 19.1. The average Bonchev–Trinajstić information content (AvgIpc) is 4.01. The van der Waals surface area contributed by atoms with Crippen LogP contribution in [-0.4, -0.2) is 60.1 Å². The molecule has 10 nitrogen and oxygen atoms in total. The number of benzene rings is 3. The van der Waals surface area contributed by atoms with Crippen molar-refractivity contribution in [2.24, 2.45) is 10.8 Å². The Hall–Kier alpha value is -7.43. The molecular weight excluding hydrogens is 917 g/mol. The summed E-state index contributed by atoms with van der Waals surface area (Å²) in [5, 5.41) is 24.9. The minimum atomic E-state index is -0.371. The summed E-state index contributed by atoms with van der Waals surface area (Å²) >= 11 is 0. The first-order chi connectivity index (χ1) is 35.4. The number of rotatable bonds is 18. The van der Waals surface area contributed by atoms with E-state index < -0.39 is 0 Å². The molecule has 2 unspecified atom stereocenters. The number of esters is 1. The van der Waals surface area contributed by atoms with Crippen molar-refractivity contribution in [2.45, 2.75) is 121 Å². The number of aromatic nitrogens is 6. The number of carbonyl (C=O) groups excluding carboxylic acids is 1. The zero-order chi connectivity index (χ0) is 53.0. The topological polar surface area (TPSA) is 128 Å². The molecule has 5 aromatic rings. The van der Waals surface area contributed by atoms with Gasteiger partial charge in [-0.3, -0.25) is 4.57 Å².